The fourth-order valence-electron chi connectivity index (χ4n) is 1.84. The van der Waals surface area contributed by atoms with Crippen LogP contribution in [0.4, 0.5) is 8.78 Å². The molecule has 1 heterocycles. The predicted octanol–water partition coefficient (Wildman–Crippen LogP) is 4.65. The van der Waals surface area contributed by atoms with Gasteiger partial charge in [0.2, 0.25) is 5.88 Å². The minimum atomic E-state index is -0.358. The Hall–Kier alpha value is -3.02. The van der Waals surface area contributed by atoms with Gasteiger partial charge in [-0.15, -0.1) is 0 Å². The Balaban J connectivity index is 1.81. The molecule has 0 spiro atoms. The number of aryl methyl sites for hydroxylation is 1. The molecule has 0 unspecified atom stereocenters. The number of benzene rings is 2. The van der Waals surface area contributed by atoms with Crippen LogP contribution in [0.15, 0.2) is 54.6 Å². The van der Waals surface area contributed by atoms with Crippen LogP contribution in [0.25, 0.3) is 0 Å². The number of hydrogen-bond donors (Lipinski definition) is 0. The van der Waals surface area contributed by atoms with Gasteiger partial charge in [-0.25, -0.2) is 8.78 Å². The van der Waals surface area contributed by atoms with E-state index in [0.717, 1.165) is 0 Å². The van der Waals surface area contributed by atoms with E-state index in [1.54, 1.807) is 13.0 Å². The number of halogens is 2. The smallest absolute Gasteiger partial charge is 0.325 e. The van der Waals surface area contributed by atoms with E-state index in [-0.39, 0.29) is 23.5 Å². The first-order chi connectivity index (χ1) is 11.1. The highest BCUT2D eigenvalue weighted by atomic mass is 19.1. The van der Waals surface area contributed by atoms with Crippen LogP contribution in [-0.2, 0) is 0 Å². The lowest BCUT2D eigenvalue weighted by atomic mass is 10.3. The molecule has 4 nitrogen and oxygen atoms in total. The average Bonchev–Trinajstić information content (AvgIpc) is 2.51. The number of aromatic nitrogens is 2. The van der Waals surface area contributed by atoms with Crippen molar-refractivity contribution in [2.75, 3.05) is 0 Å². The summed E-state index contributed by atoms with van der Waals surface area (Å²) in [6.45, 7) is 1.76. The molecule has 0 amide bonds. The van der Waals surface area contributed by atoms with Gasteiger partial charge in [-0.3, -0.25) is 0 Å². The number of hydrogen-bond acceptors (Lipinski definition) is 4. The first kappa shape index (κ1) is 14.9. The maximum Gasteiger partial charge on any atom is 0.325 e. The van der Waals surface area contributed by atoms with Crippen LogP contribution in [0.2, 0.25) is 0 Å². The summed E-state index contributed by atoms with van der Waals surface area (Å²) < 4.78 is 36.8. The van der Waals surface area contributed by atoms with Gasteiger partial charge in [0.25, 0.3) is 0 Å². The highest BCUT2D eigenvalue weighted by Crippen LogP contribution is 2.24. The van der Waals surface area contributed by atoms with Crippen molar-refractivity contribution in [3.63, 3.8) is 0 Å². The van der Waals surface area contributed by atoms with Gasteiger partial charge in [0.15, 0.2) is 0 Å². The van der Waals surface area contributed by atoms with Gasteiger partial charge in [-0.1, -0.05) is 0 Å². The van der Waals surface area contributed by atoms with E-state index in [1.807, 2.05) is 0 Å². The van der Waals surface area contributed by atoms with Crippen molar-refractivity contribution < 1.29 is 18.3 Å². The molecule has 0 fully saturated rings. The Morgan fingerprint density at radius 3 is 1.83 bits per heavy atom. The van der Waals surface area contributed by atoms with E-state index in [9.17, 15) is 8.78 Å². The minimum Gasteiger partial charge on any atom is -0.439 e. The molecular formula is C17H12F2N2O2. The van der Waals surface area contributed by atoms with Crippen LogP contribution in [-0.4, -0.2) is 9.97 Å². The fourth-order valence-corrected chi connectivity index (χ4v) is 1.84. The normalized spacial score (nSPS) is 10.4. The van der Waals surface area contributed by atoms with Gasteiger partial charge < -0.3 is 9.47 Å². The molecule has 0 bridgehead atoms. The second kappa shape index (κ2) is 6.39. The topological polar surface area (TPSA) is 44.2 Å². The van der Waals surface area contributed by atoms with Gasteiger partial charge in [0.1, 0.15) is 23.1 Å². The van der Waals surface area contributed by atoms with Crippen LogP contribution >= 0.6 is 0 Å². The zero-order valence-corrected chi connectivity index (χ0v) is 12.2. The average molecular weight is 314 g/mol. The lowest BCUT2D eigenvalue weighted by molar-refractivity contribution is 0.409. The fraction of sp³-hybridized carbons (Fsp3) is 0.0588. The first-order valence-electron chi connectivity index (χ1n) is 6.81. The van der Waals surface area contributed by atoms with Gasteiger partial charge in [0.05, 0.1) is 0 Å². The van der Waals surface area contributed by atoms with E-state index >= 15 is 0 Å². The van der Waals surface area contributed by atoms with Crippen LogP contribution in [0, 0.1) is 18.6 Å². The molecular weight excluding hydrogens is 302 g/mol. The highest BCUT2D eigenvalue weighted by Gasteiger charge is 2.07. The van der Waals surface area contributed by atoms with Gasteiger partial charge >= 0.3 is 6.01 Å². The largest absolute Gasteiger partial charge is 0.439 e. The summed E-state index contributed by atoms with van der Waals surface area (Å²) >= 11 is 0. The van der Waals surface area contributed by atoms with Crippen LogP contribution in [0.1, 0.15) is 5.69 Å². The molecule has 116 valence electrons. The van der Waals surface area contributed by atoms with Crippen LogP contribution < -0.4 is 9.47 Å². The molecule has 0 saturated carbocycles. The number of ether oxygens (including phenoxy) is 2. The summed E-state index contributed by atoms with van der Waals surface area (Å²) in [6, 6.07) is 12.8. The molecule has 3 aromatic rings. The predicted molar refractivity (Wildman–Crippen MR) is 79.7 cm³/mol. The van der Waals surface area contributed by atoms with E-state index in [1.165, 1.54) is 48.5 Å². The van der Waals surface area contributed by atoms with Crippen molar-refractivity contribution in [2.45, 2.75) is 6.92 Å². The Bertz CT molecular complexity index is 740. The Morgan fingerprint density at radius 1 is 0.739 bits per heavy atom. The summed E-state index contributed by atoms with van der Waals surface area (Å²) in [5.74, 6) is 0.405. The lowest BCUT2D eigenvalue weighted by Gasteiger charge is -2.08. The Labute approximate surface area is 131 Å². The van der Waals surface area contributed by atoms with E-state index in [2.05, 4.69) is 9.97 Å². The standard InChI is InChI=1S/C17H12F2N2O2/c1-11-10-16(22-14-6-2-12(18)3-7-14)21-17(20-11)23-15-8-4-13(19)5-9-15/h2-10H,1H3. The molecule has 1 aromatic heterocycles. The molecule has 3 rings (SSSR count). The van der Waals surface area contributed by atoms with E-state index < -0.39 is 0 Å². The molecule has 0 N–H and O–H groups in total. The third kappa shape index (κ3) is 4.00. The van der Waals surface area contributed by atoms with Crippen molar-refractivity contribution in [1.82, 2.24) is 9.97 Å². The van der Waals surface area contributed by atoms with Crippen molar-refractivity contribution in [3.8, 4) is 23.4 Å². The van der Waals surface area contributed by atoms with Crippen LogP contribution in [0.5, 0.6) is 23.4 Å². The number of nitrogens with zero attached hydrogens (tertiary/aromatic N) is 2. The monoisotopic (exact) mass is 314 g/mol. The molecule has 0 aliphatic carbocycles. The molecule has 0 saturated heterocycles. The molecule has 6 heteroatoms. The zero-order chi connectivity index (χ0) is 16.2. The summed E-state index contributed by atoms with van der Waals surface area (Å²) in [4.78, 5) is 8.27. The minimum absolute atomic E-state index is 0.0775. The summed E-state index contributed by atoms with van der Waals surface area (Å²) in [5, 5.41) is 0. The SMILES string of the molecule is Cc1cc(Oc2ccc(F)cc2)nc(Oc2ccc(F)cc2)n1. The number of rotatable bonds is 4. The van der Waals surface area contributed by atoms with Gasteiger partial charge in [-0.2, -0.15) is 9.97 Å². The molecule has 0 aliphatic heterocycles. The second-order valence-electron chi connectivity index (χ2n) is 4.74. The van der Waals surface area contributed by atoms with Crippen molar-refractivity contribution in [1.29, 1.82) is 0 Å². The summed E-state index contributed by atoms with van der Waals surface area (Å²) in [5.41, 5.74) is 0.634. The quantitative estimate of drug-likeness (QED) is 0.703. The van der Waals surface area contributed by atoms with Crippen molar-refractivity contribution in [3.05, 3.63) is 71.9 Å². The second-order valence-corrected chi connectivity index (χ2v) is 4.74. The third-order valence-corrected chi connectivity index (χ3v) is 2.87. The van der Waals surface area contributed by atoms with Gasteiger partial charge in [-0.05, 0) is 55.5 Å². The van der Waals surface area contributed by atoms with Crippen molar-refractivity contribution >= 4 is 0 Å². The molecule has 2 aromatic carbocycles. The maximum absolute atomic E-state index is 12.9. The lowest BCUT2D eigenvalue weighted by Crippen LogP contribution is -1.97. The van der Waals surface area contributed by atoms with Crippen LogP contribution in [0.3, 0.4) is 0 Å². The van der Waals surface area contributed by atoms with Gasteiger partial charge in [0, 0.05) is 11.8 Å². The molecule has 0 radical (unpaired) electrons. The highest BCUT2D eigenvalue weighted by molar-refractivity contribution is 5.30. The van der Waals surface area contributed by atoms with E-state index in [4.69, 9.17) is 9.47 Å². The summed E-state index contributed by atoms with van der Waals surface area (Å²) in [7, 11) is 0. The summed E-state index contributed by atoms with van der Waals surface area (Å²) in [6.07, 6.45) is 0. The maximum atomic E-state index is 12.9. The molecule has 23 heavy (non-hydrogen) atoms. The first-order valence-corrected chi connectivity index (χ1v) is 6.81. The Kier molecular flexibility index (Phi) is 4.14. The third-order valence-electron chi connectivity index (χ3n) is 2.87. The van der Waals surface area contributed by atoms with E-state index in [0.29, 0.717) is 17.2 Å². The van der Waals surface area contributed by atoms with Crippen molar-refractivity contribution in [2.24, 2.45) is 0 Å². The zero-order valence-electron chi connectivity index (χ0n) is 12.2. The Morgan fingerprint density at radius 2 is 1.26 bits per heavy atom. The molecule has 0 aliphatic rings. The molecule has 0 atom stereocenters.